The zero-order valence-electron chi connectivity index (χ0n) is 7.95. The van der Waals surface area contributed by atoms with Gasteiger partial charge in [0.2, 0.25) is 11.8 Å². The topological polar surface area (TPSA) is 37.4 Å². The number of hydrogen-bond acceptors (Lipinski definition) is 2. The number of rotatable bonds is 4. The molecule has 1 heterocycles. The van der Waals surface area contributed by atoms with Crippen LogP contribution in [0.2, 0.25) is 0 Å². The maximum atomic E-state index is 11.1. The Labute approximate surface area is 78.4 Å². The average Bonchev–Trinajstić information content (AvgIpc) is 2.42. The molecular weight excluding hydrogens is 166 g/mol. The number of nitrogens with zero attached hydrogens (tertiary/aromatic N) is 1. The number of allylic oxidation sites excluding steroid dienone is 1. The molecule has 2 amide bonds. The normalized spacial score (nSPS) is 17.8. The van der Waals surface area contributed by atoms with Crippen LogP contribution in [-0.2, 0) is 9.59 Å². The average molecular weight is 181 g/mol. The third-order valence-corrected chi connectivity index (χ3v) is 2.07. The lowest BCUT2D eigenvalue weighted by atomic mass is 10.2. The van der Waals surface area contributed by atoms with Crippen molar-refractivity contribution in [3.63, 3.8) is 0 Å². The highest BCUT2D eigenvalue weighted by molar-refractivity contribution is 6.02. The lowest BCUT2D eigenvalue weighted by Gasteiger charge is -2.05. The molecule has 3 nitrogen and oxygen atoms in total. The Kier molecular flexibility index (Phi) is 3.68. The van der Waals surface area contributed by atoms with E-state index >= 15 is 0 Å². The van der Waals surface area contributed by atoms with Gasteiger partial charge >= 0.3 is 0 Å². The van der Waals surface area contributed by atoms with Crippen LogP contribution in [0.5, 0.6) is 0 Å². The Morgan fingerprint density at radius 3 is 2.46 bits per heavy atom. The van der Waals surface area contributed by atoms with Gasteiger partial charge in [-0.05, 0) is 6.42 Å². The van der Waals surface area contributed by atoms with Gasteiger partial charge in [0.05, 0.1) is 0 Å². The summed E-state index contributed by atoms with van der Waals surface area (Å²) in [4.78, 5) is 23.4. The van der Waals surface area contributed by atoms with Crippen LogP contribution in [0.3, 0.4) is 0 Å². The van der Waals surface area contributed by atoms with Crippen LogP contribution in [0.15, 0.2) is 12.3 Å². The second-order valence-corrected chi connectivity index (χ2v) is 3.18. The van der Waals surface area contributed by atoms with Gasteiger partial charge in [0, 0.05) is 19.0 Å². The highest BCUT2D eigenvalue weighted by atomic mass is 16.2. The number of carbonyl (C=O) groups is 2. The third-order valence-electron chi connectivity index (χ3n) is 2.07. The fourth-order valence-electron chi connectivity index (χ4n) is 1.26. The second-order valence-electron chi connectivity index (χ2n) is 3.18. The standard InChI is InChI=1S/C10H15NO2/c1-2-3-4-5-8-11-9(12)6-7-10(11)13/h5,8H,2-4,6-7H2,1H3/b8-5-. The van der Waals surface area contributed by atoms with Crippen LogP contribution < -0.4 is 0 Å². The zero-order chi connectivity index (χ0) is 9.68. The van der Waals surface area contributed by atoms with Crippen molar-refractivity contribution in [2.45, 2.75) is 39.0 Å². The summed E-state index contributed by atoms with van der Waals surface area (Å²) in [6, 6.07) is 0. The summed E-state index contributed by atoms with van der Waals surface area (Å²) in [6.45, 7) is 2.11. The summed E-state index contributed by atoms with van der Waals surface area (Å²) in [5, 5.41) is 0. The molecule has 72 valence electrons. The van der Waals surface area contributed by atoms with E-state index in [2.05, 4.69) is 6.92 Å². The van der Waals surface area contributed by atoms with Gasteiger partial charge in [-0.1, -0.05) is 25.8 Å². The molecule has 0 aromatic heterocycles. The summed E-state index contributed by atoms with van der Waals surface area (Å²) >= 11 is 0. The van der Waals surface area contributed by atoms with E-state index in [9.17, 15) is 9.59 Å². The first-order chi connectivity index (χ1) is 6.25. The van der Waals surface area contributed by atoms with Crippen molar-refractivity contribution in [1.82, 2.24) is 4.90 Å². The minimum Gasteiger partial charge on any atom is -0.274 e. The van der Waals surface area contributed by atoms with E-state index in [1.165, 1.54) is 4.90 Å². The quantitative estimate of drug-likeness (QED) is 0.490. The van der Waals surface area contributed by atoms with Gasteiger partial charge in [-0.25, -0.2) is 0 Å². The predicted octanol–water partition coefficient (Wildman–Crippen LogP) is 1.84. The van der Waals surface area contributed by atoms with Gasteiger partial charge in [-0.3, -0.25) is 14.5 Å². The third kappa shape index (κ3) is 2.68. The van der Waals surface area contributed by atoms with Gasteiger partial charge in [0.15, 0.2) is 0 Å². The van der Waals surface area contributed by atoms with E-state index in [-0.39, 0.29) is 11.8 Å². The molecule has 0 aromatic rings. The van der Waals surface area contributed by atoms with E-state index in [4.69, 9.17) is 0 Å². The van der Waals surface area contributed by atoms with Gasteiger partial charge in [0.25, 0.3) is 0 Å². The zero-order valence-corrected chi connectivity index (χ0v) is 7.95. The number of likely N-dealkylation sites (tertiary alicyclic amines) is 1. The second kappa shape index (κ2) is 4.80. The summed E-state index contributed by atoms with van der Waals surface area (Å²) in [5.41, 5.74) is 0. The molecule has 0 spiro atoms. The molecule has 1 saturated heterocycles. The van der Waals surface area contributed by atoms with Crippen molar-refractivity contribution in [1.29, 1.82) is 0 Å². The number of hydrogen-bond donors (Lipinski definition) is 0. The molecule has 0 bridgehead atoms. The van der Waals surface area contributed by atoms with Gasteiger partial charge < -0.3 is 0 Å². The van der Waals surface area contributed by atoms with Crippen molar-refractivity contribution in [3.8, 4) is 0 Å². The molecule has 0 unspecified atom stereocenters. The molecule has 0 radical (unpaired) electrons. The molecule has 0 atom stereocenters. The monoisotopic (exact) mass is 181 g/mol. The van der Waals surface area contributed by atoms with Crippen LogP contribution in [-0.4, -0.2) is 16.7 Å². The highest BCUT2D eigenvalue weighted by Gasteiger charge is 2.26. The summed E-state index contributed by atoms with van der Waals surface area (Å²) < 4.78 is 0. The lowest BCUT2D eigenvalue weighted by molar-refractivity contribution is -0.135. The van der Waals surface area contributed by atoms with E-state index in [1.807, 2.05) is 6.08 Å². The molecular formula is C10H15NO2. The molecule has 1 fully saturated rings. The molecule has 0 saturated carbocycles. The number of carbonyl (C=O) groups excluding carboxylic acids is 2. The Morgan fingerprint density at radius 1 is 1.31 bits per heavy atom. The van der Waals surface area contributed by atoms with E-state index in [0.29, 0.717) is 12.8 Å². The lowest BCUT2D eigenvalue weighted by Crippen LogP contribution is -2.22. The fourth-order valence-corrected chi connectivity index (χ4v) is 1.26. The smallest absolute Gasteiger partial charge is 0.233 e. The first-order valence-electron chi connectivity index (χ1n) is 4.77. The Hall–Kier alpha value is -1.12. The number of amides is 2. The van der Waals surface area contributed by atoms with Crippen LogP contribution in [0.4, 0.5) is 0 Å². The van der Waals surface area contributed by atoms with Crippen LogP contribution in [0, 0.1) is 0 Å². The van der Waals surface area contributed by atoms with Crippen molar-refractivity contribution in [2.75, 3.05) is 0 Å². The minimum absolute atomic E-state index is 0.0715. The van der Waals surface area contributed by atoms with Gasteiger partial charge in [-0.15, -0.1) is 0 Å². The summed E-state index contributed by atoms with van der Waals surface area (Å²) in [6.07, 6.45) is 7.43. The molecule has 1 aliphatic rings. The van der Waals surface area contributed by atoms with Crippen LogP contribution in [0.1, 0.15) is 39.0 Å². The molecule has 0 N–H and O–H groups in total. The summed E-state index contributed by atoms with van der Waals surface area (Å²) in [5.74, 6) is -0.143. The fraction of sp³-hybridized carbons (Fsp3) is 0.600. The molecule has 1 aliphatic heterocycles. The maximum absolute atomic E-state index is 11.1. The van der Waals surface area contributed by atoms with Crippen molar-refractivity contribution < 1.29 is 9.59 Å². The number of unbranched alkanes of at least 4 members (excludes halogenated alkanes) is 2. The van der Waals surface area contributed by atoms with Crippen LogP contribution >= 0.6 is 0 Å². The van der Waals surface area contributed by atoms with Crippen molar-refractivity contribution in [2.24, 2.45) is 0 Å². The predicted molar refractivity (Wildman–Crippen MR) is 49.8 cm³/mol. The molecule has 0 aliphatic carbocycles. The number of imide groups is 1. The Bertz CT molecular complexity index is 217. The molecule has 3 heteroatoms. The van der Waals surface area contributed by atoms with Crippen LogP contribution in [0.25, 0.3) is 0 Å². The van der Waals surface area contributed by atoms with E-state index in [0.717, 1.165) is 19.3 Å². The van der Waals surface area contributed by atoms with Crippen molar-refractivity contribution >= 4 is 11.8 Å². The first-order valence-corrected chi connectivity index (χ1v) is 4.77. The van der Waals surface area contributed by atoms with Gasteiger partial charge in [-0.2, -0.15) is 0 Å². The highest BCUT2D eigenvalue weighted by Crippen LogP contribution is 2.12. The maximum Gasteiger partial charge on any atom is 0.233 e. The Morgan fingerprint density at radius 2 is 1.92 bits per heavy atom. The summed E-state index contributed by atoms with van der Waals surface area (Å²) in [7, 11) is 0. The van der Waals surface area contributed by atoms with E-state index < -0.39 is 0 Å². The Balaban J connectivity index is 2.38. The van der Waals surface area contributed by atoms with E-state index in [1.54, 1.807) is 6.20 Å². The first kappa shape index (κ1) is 9.96. The molecule has 0 aromatic carbocycles. The van der Waals surface area contributed by atoms with Crippen molar-refractivity contribution in [3.05, 3.63) is 12.3 Å². The molecule has 13 heavy (non-hydrogen) atoms. The van der Waals surface area contributed by atoms with Gasteiger partial charge in [0.1, 0.15) is 0 Å². The minimum atomic E-state index is -0.0715. The molecule has 1 rings (SSSR count). The SMILES string of the molecule is CCCC/C=C\N1C(=O)CCC1=O. The largest absolute Gasteiger partial charge is 0.274 e.